The number of alkyl halides is 3. The van der Waals surface area contributed by atoms with Crippen LogP contribution in [-0.2, 0) is 0 Å². The van der Waals surface area contributed by atoms with E-state index in [1.807, 2.05) is 0 Å². The van der Waals surface area contributed by atoms with E-state index in [-0.39, 0.29) is 18.5 Å². The fourth-order valence-electron chi connectivity index (χ4n) is 1.38. The first-order chi connectivity index (χ1) is 8.29. The summed E-state index contributed by atoms with van der Waals surface area (Å²) in [6.45, 7) is 1.45. The van der Waals surface area contributed by atoms with Crippen LogP contribution in [0.25, 0.3) is 0 Å². The van der Waals surface area contributed by atoms with Crippen LogP contribution in [0, 0.1) is 12.7 Å². The van der Waals surface area contributed by atoms with Gasteiger partial charge in [-0.1, -0.05) is 0 Å². The van der Waals surface area contributed by atoms with Crippen molar-refractivity contribution in [3.63, 3.8) is 0 Å². The second kappa shape index (κ2) is 5.84. The van der Waals surface area contributed by atoms with Crippen LogP contribution in [0.4, 0.5) is 17.6 Å². The zero-order valence-electron chi connectivity index (χ0n) is 9.77. The summed E-state index contributed by atoms with van der Waals surface area (Å²) >= 11 is 0. The molecule has 1 aromatic rings. The highest BCUT2D eigenvalue weighted by atomic mass is 19.4. The van der Waals surface area contributed by atoms with Gasteiger partial charge in [-0.05, 0) is 37.1 Å². The molecule has 100 valence electrons. The lowest BCUT2D eigenvalue weighted by molar-refractivity contribution is -0.135. The molecule has 1 aromatic carbocycles. The van der Waals surface area contributed by atoms with Crippen molar-refractivity contribution in [1.82, 2.24) is 5.32 Å². The first-order valence-electron chi connectivity index (χ1n) is 5.41. The van der Waals surface area contributed by atoms with Crippen LogP contribution in [0.15, 0.2) is 18.2 Å². The molecule has 18 heavy (non-hydrogen) atoms. The normalized spacial score (nSPS) is 11.4. The summed E-state index contributed by atoms with van der Waals surface area (Å²) in [5.74, 6) is -0.927. The lowest BCUT2D eigenvalue weighted by Gasteiger charge is -2.08. The van der Waals surface area contributed by atoms with Gasteiger partial charge in [-0.2, -0.15) is 13.2 Å². The van der Waals surface area contributed by atoms with Gasteiger partial charge in [0.05, 0.1) is 0 Å². The van der Waals surface area contributed by atoms with Crippen molar-refractivity contribution >= 4 is 5.91 Å². The average Bonchev–Trinajstić information content (AvgIpc) is 2.26. The molecular formula is C12H13F4NO. The molecule has 0 aliphatic heterocycles. The molecule has 0 heterocycles. The van der Waals surface area contributed by atoms with E-state index in [4.69, 9.17) is 0 Å². The van der Waals surface area contributed by atoms with Crippen LogP contribution < -0.4 is 5.32 Å². The van der Waals surface area contributed by atoms with Crippen LogP contribution >= 0.6 is 0 Å². The van der Waals surface area contributed by atoms with E-state index in [0.29, 0.717) is 5.56 Å². The molecule has 6 heteroatoms. The van der Waals surface area contributed by atoms with Crippen LogP contribution in [-0.4, -0.2) is 18.6 Å². The summed E-state index contributed by atoms with van der Waals surface area (Å²) in [6, 6.07) is 3.80. The van der Waals surface area contributed by atoms with Crippen molar-refractivity contribution in [2.45, 2.75) is 25.9 Å². The van der Waals surface area contributed by atoms with Crippen LogP contribution in [0.1, 0.15) is 28.8 Å². The van der Waals surface area contributed by atoms with Gasteiger partial charge in [0.15, 0.2) is 0 Å². The Balaban J connectivity index is 2.43. The van der Waals surface area contributed by atoms with Crippen molar-refractivity contribution in [3.8, 4) is 0 Å². The highest BCUT2D eigenvalue weighted by molar-refractivity contribution is 5.94. The number of nitrogens with one attached hydrogen (secondary N) is 1. The number of rotatable bonds is 4. The molecule has 0 bridgehead atoms. The lowest BCUT2D eigenvalue weighted by atomic mass is 10.1. The van der Waals surface area contributed by atoms with Crippen molar-refractivity contribution in [2.24, 2.45) is 0 Å². The monoisotopic (exact) mass is 263 g/mol. The zero-order chi connectivity index (χ0) is 13.8. The minimum Gasteiger partial charge on any atom is -0.352 e. The highest BCUT2D eigenvalue weighted by Crippen LogP contribution is 2.20. The van der Waals surface area contributed by atoms with Gasteiger partial charge >= 0.3 is 6.18 Å². The Morgan fingerprint density at radius 1 is 1.33 bits per heavy atom. The number of aryl methyl sites for hydroxylation is 1. The van der Waals surface area contributed by atoms with Crippen molar-refractivity contribution in [3.05, 3.63) is 35.1 Å². The zero-order valence-corrected chi connectivity index (χ0v) is 9.77. The van der Waals surface area contributed by atoms with Crippen LogP contribution in [0.5, 0.6) is 0 Å². The van der Waals surface area contributed by atoms with E-state index < -0.39 is 24.3 Å². The molecule has 0 saturated carbocycles. The highest BCUT2D eigenvalue weighted by Gasteiger charge is 2.25. The molecule has 0 aliphatic carbocycles. The third-order valence-corrected chi connectivity index (χ3v) is 2.34. The molecule has 0 spiro atoms. The van der Waals surface area contributed by atoms with Crippen molar-refractivity contribution in [2.75, 3.05) is 6.54 Å². The molecule has 2 nitrogen and oxygen atoms in total. The minimum atomic E-state index is -4.21. The molecule has 1 rings (SSSR count). The number of halogens is 4. The third kappa shape index (κ3) is 4.73. The van der Waals surface area contributed by atoms with Gasteiger partial charge in [0.2, 0.25) is 0 Å². The quantitative estimate of drug-likeness (QED) is 0.656. The Labute approximate surface area is 102 Å². The van der Waals surface area contributed by atoms with E-state index >= 15 is 0 Å². The first kappa shape index (κ1) is 14.5. The number of hydrogen-bond donors (Lipinski definition) is 1. The number of carbonyl (C=O) groups is 1. The summed E-state index contributed by atoms with van der Waals surface area (Å²) in [4.78, 5) is 11.5. The summed E-state index contributed by atoms with van der Waals surface area (Å²) in [5.41, 5.74) is 0.554. The van der Waals surface area contributed by atoms with Gasteiger partial charge in [0.25, 0.3) is 5.91 Å². The van der Waals surface area contributed by atoms with E-state index in [0.717, 1.165) is 6.07 Å². The second-order valence-electron chi connectivity index (χ2n) is 3.94. The number of benzene rings is 1. The maximum atomic E-state index is 12.9. The van der Waals surface area contributed by atoms with Gasteiger partial charge in [-0.15, -0.1) is 0 Å². The Morgan fingerprint density at radius 2 is 2.00 bits per heavy atom. The second-order valence-corrected chi connectivity index (χ2v) is 3.94. The Hall–Kier alpha value is -1.59. The summed E-state index contributed by atoms with van der Waals surface area (Å²) in [7, 11) is 0. The Bertz CT molecular complexity index is 429. The molecule has 0 aliphatic rings. The molecule has 0 atom stereocenters. The van der Waals surface area contributed by atoms with Crippen LogP contribution in [0.2, 0.25) is 0 Å². The van der Waals surface area contributed by atoms with Gasteiger partial charge in [0.1, 0.15) is 5.82 Å². The van der Waals surface area contributed by atoms with E-state index in [1.165, 1.54) is 19.1 Å². The molecule has 1 N–H and O–H groups in total. The maximum Gasteiger partial charge on any atom is 0.389 e. The largest absolute Gasteiger partial charge is 0.389 e. The number of amides is 1. The SMILES string of the molecule is Cc1cc(C(=O)NCCCC(F)(F)F)ccc1F. The Kier molecular flexibility index (Phi) is 4.69. The third-order valence-electron chi connectivity index (χ3n) is 2.34. The van der Waals surface area contributed by atoms with Crippen molar-refractivity contribution < 1.29 is 22.4 Å². The predicted molar refractivity (Wildman–Crippen MR) is 58.8 cm³/mol. The van der Waals surface area contributed by atoms with E-state index in [9.17, 15) is 22.4 Å². The summed E-state index contributed by atoms with van der Waals surface area (Å²) in [5, 5.41) is 2.36. The number of carbonyl (C=O) groups excluding carboxylic acids is 1. The standard InChI is InChI=1S/C12H13F4NO/c1-8-7-9(3-4-10(8)13)11(18)17-6-2-5-12(14,15)16/h3-4,7H,2,5-6H2,1H3,(H,17,18). The average molecular weight is 263 g/mol. The molecule has 1 amide bonds. The molecular weight excluding hydrogens is 250 g/mol. The summed E-state index contributed by atoms with van der Waals surface area (Å²) < 4.78 is 48.5. The van der Waals surface area contributed by atoms with E-state index in [1.54, 1.807) is 0 Å². The molecule has 0 aromatic heterocycles. The lowest BCUT2D eigenvalue weighted by Crippen LogP contribution is -2.25. The smallest absolute Gasteiger partial charge is 0.352 e. The van der Waals surface area contributed by atoms with Gasteiger partial charge < -0.3 is 5.32 Å². The van der Waals surface area contributed by atoms with Crippen molar-refractivity contribution in [1.29, 1.82) is 0 Å². The first-order valence-corrected chi connectivity index (χ1v) is 5.41. The van der Waals surface area contributed by atoms with E-state index in [2.05, 4.69) is 5.32 Å². The summed E-state index contributed by atoms with van der Waals surface area (Å²) in [6.07, 6.45) is -5.32. The van der Waals surface area contributed by atoms with Crippen LogP contribution in [0.3, 0.4) is 0 Å². The van der Waals surface area contributed by atoms with Gasteiger partial charge in [0, 0.05) is 18.5 Å². The molecule has 0 saturated heterocycles. The minimum absolute atomic E-state index is 0.0607. The molecule has 0 radical (unpaired) electrons. The molecule has 0 unspecified atom stereocenters. The van der Waals surface area contributed by atoms with Gasteiger partial charge in [-0.3, -0.25) is 4.79 Å². The molecule has 0 fully saturated rings. The van der Waals surface area contributed by atoms with Gasteiger partial charge in [-0.25, -0.2) is 4.39 Å². The predicted octanol–water partition coefficient (Wildman–Crippen LogP) is 3.21. The fourth-order valence-corrected chi connectivity index (χ4v) is 1.38. The Morgan fingerprint density at radius 3 is 2.56 bits per heavy atom. The maximum absolute atomic E-state index is 12.9. The fraction of sp³-hybridized carbons (Fsp3) is 0.417. The topological polar surface area (TPSA) is 29.1 Å². The number of hydrogen-bond acceptors (Lipinski definition) is 1.